The van der Waals surface area contributed by atoms with E-state index in [4.69, 9.17) is 10.4 Å². The molecule has 0 saturated heterocycles. The Labute approximate surface area is 110 Å². The molecular weight excluding hydrogens is 227 g/mol. The van der Waals surface area contributed by atoms with Crippen LogP contribution in [0, 0.1) is 0 Å². The lowest BCUT2D eigenvalue weighted by atomic mass is 9.82. The number of nitrogens with two attached hydrogens (primary N) is 1. The van der Waals surface area contributed by atoms with E-state index in [-0.39, 0.29) is 0 Å². The van der Waals surface area contributed by atoms with E-state index in [2.05, 4.69) is 5.32 Å². The van der Waals surface area contributed by atoms with Gasteiger partial charge in [0.2, 0.25) is 0 Å². The van der Waals surface area contributed by atoms with Gasteiger partial charge in [0.1, 0.15) is 0 Å². The van der Waals surface area contributed by atoms with Crippen LogP contribution in [0.3, 0.4) is 0 Å². The molecule has 0 aliphatic carbocycles. The number of benzene rings is 1. The van der Waals surface area contributed by atoms with E-state index in [1.54, 1.807) is 21.3 Å². The van der Waals surface area contributed by atoms with Gasteiger partial charge in [-0.2, -0.15) is 0 Å². The highest BCUT2D eigenvalue weighted by atomic mass is 16.5. The van der Waals surface area contributed by atoms with Crippen molar-refractivity contribution in [3.8, 4) is 0 Å². The van der Waals surface area contributed by atoms with Crippen molar-refractivity contribution in [1.29, 1.82) is 0 Å². The summed E-state index contributed by atoms with van der Waals surface area (Å²) in [6.45, 7) is 7.13. The Kier molecular flexibility index (Phi) is 4.30. The second-order valence-corrected chi connectivity index (χ2v) is 5.40. The first-order valence-corrected chi connectivity index (χ1v) is 5.98. The molecule has 4 N–H and O–H groups in total. The van der Waals surface area contributed by atoms with Gasteiger partial charge in [0.15, 0.2) is 0 Å². The van der Waals surface area contributed by atoms with Gasteiger partial charge >= 0.3 is 7.48 Å². The zero-order valence-electron chi connectivity index (χ0n) is 11.7. The molecule has 1 rings (SSSR count). The molecule has 0 spiro atoms. The largest absolute Gasteiger partial charge is 0.427 e. The number of aliphatic hydroxyl groups is 1. The lowest BCUT2D eigenvalue weighted by molar-refractivity contribution is -0.0893. The molecular formula is C13H22BN2O2. The van der Waals surface area contributed by atoms with Crippen LogP contribution in [0.25, 0.3) is 0 Å². The summed E-state index contributed by atoms with van der Waals surface area (Å²) in [6, 6.07) is 5.62. The van der Waals surface area contributed by atoms with Crippen molar-refractivity contribution in [3.63, 3.8) is 0 Å². The van der Waals surface area contributed by atoms with Gasteiger partial charge in [0.05, 0.1) is 22.6 Å². The van der Waals surface area contributed by atoms with Gasteiger partial charge in [0.25, 0.3) is 0 Å². The summed E-state index contributed by atoms with van der Waals surface area (Å²) in [5.74, 6) is 0. The van der Waals surface area contributed by atoms with E-state index in [1.807, 2.05) is 39.1 Å². The summed E-state index contributed by atoms with van der Waals surface area (Å²) in [5, 5.41) is 13.0. The third-order valence-electron chi connectivity index (χ3n) is 3.31. The molecule has 99 valence electrons. The van der Waals surface area contributed by atoms with Gasteiger partial charge in [-0.3, -0.25) is 0 Å². The Balaban J connectivity index is 2.73. The molecule has 0 bridgehead atoms. The zero-order chi connectivity index (χ0) is 14.0. The molecule has 0 heterocycles. The maximum Gasteiger partial charge on any atom is 0.330 e. The summed E-state index contributed by atoms with van der Waals surface area (Å²) >= 11 is 0. The minimum Gasteiger partial charge on any atom is -0.427 e. The Morgan fingerprint density at radius 3 is 2.33 bits per heavy atom. The average Bonchev–Trinajstić information content (AvgIpc) is 2.25. The molecule has 1 aromatic rings. The van der Waals surface area contributed by atoms with Crippen LogP contribution in [0.15, 0.2) is 18.2 Å². The number of nitrogens with one attached hydrogen (secondary N) is 1. The topological polar surface area (TPSA) is 67.5 Å². The van der Waals surface area contributed by atoms with Gasteiger partial charge < -0.3 is 20.8 Å². The normalized spacial score (nSPS) is 12.3. The van der Waals surface area contributed by atoms with Crippen molar-refractivity contribution in [3.05, 3.63) is 18.2 Å². The summed E-state index contributed by atoms with van der Waals surface area (Å²) in [5.41, 5.74) is 6.67. The molecule has 18 heavy (non-hydrogen) atoms. The molecule has 4 nitrogen and oxygen atoms in total. The van der Waals surface area contributed by atoms with Crippen LogP contribution in [0.2, 0.25) is 0 Å². The molecule has 1 aromatic carbocycles. The summed E-state index contributed by atoms with van der Waals surface area (Å²) in [6.07, 6.45) is 0. The van der Waals surface area contributed by atoms with E-state index in [1.165, 1.54) is 0 Å². The van der Waals surface area contributed by atoms with Crippen molar-refractivity contribution < 1.29 is 9.76 Å². The molecule has 0 saturated carbocycles. The van der Waals surface area contributed by atoms with Crippen LogP contribution < -0.4 is 16.5 Å². The number of rotatable bonds is 5. The standard InChI is InChI=1S/C13H22BN2O2/c1-12(2,17)13(3,4)18-14-9-6-7-11(16-5)10(15)8-9/h6-8,16-17H,15H2,1-5H3. The van der Waals surface area contributed by atoms with E-state index in [0.29, 0.717) is 5.69 Å². The molecule has 0 aromatic heterocycles. The van der Waals surface area contributed by atoms with Crippen LogP contribution in [-0.4, -0.2) is 30.8 Å². The summed E-state index contributed by atoms with van der Waals surface area (Å²) < 4.78 is 5.66. The van der Waals surface area contributed by atoms with Crippen LogP contribution in [0.4, 0.5) is 11.4 Å². The highest BCUT2D eigenvalue weighted by Crippen LogP contribution is 2.24. The predicted molar refractivity (Wildman–Crippen MR) is 77.3 cm³/mol. The maximum atomic E-state index is 9.98. The highest BCUT2D eigenvalue weighted by Gasteiger charge is 2.35. The van der Waals surface area contributed by atoms with Gasteiger partial charge in [-0.1, -0.05) is 11.5 Å². The average molecular weight is 249 g/mol. The van der Waals surface area contributed by atoms with Gasteiger partial charge in [-0.25, -0.2) is 0 Å². The highest BCUT2D eigenvalue weighted by molar-refractivity contribution is 6.47. The molecule has 0 fully saturated rings. The van der Waals surface area contributed by atoms with Crippen LogP contribution in [0.5, 0.6) is 0 Å². The Bertz CT molecular complexity index is 414. The molecule has 0 aliphatic rings. The molecule has 1 radical (unpaired) electrons. The monoisotopic (exact) mass is 249 g/mol. The molecule has 0 aliphatic heterocycles. The van der Waals surface area contributed by atoms with Crippen molar-refractivity contribution >= 4 is 24.3 Å². The fraction of sp³-hybridized carbons (Fsp3) is 0.538. The fourth-order valence-electron chi connectivity index (χ4n) is 1.24. The third-order valence-corrected chi connectivity index (χ3v) is 3.31. The van der Waals surface area contributed by atoms with E-state index in [0.717, 1.165) is 11.2 Å². The second-order valence-electron chi connectivity index (χ2n) is 5.40. The first kappa shape index (κ1) is 14.9. The minimum absolute atomic E-state index is 0.663. The Morgan fingerprint density at radius 2 is 1.89 bits per heavy atom. The first-order chi connectivity index (χ1) is 8.17. The third kappa shape index (κ3) is 3.40. The van der Waals surface area contributed by atoms with Crippen molar-refractivity contribution in [2.75, 3.05) is 18.1 Å². The maximum absolute atomic E-state index is 9.98. The van der Waals surface area contributed by atoms with Crippen LogP contribution in [0.1, 0.15) is 27.7 Å². The number of anilines is 2. The Morgan fingerprint density at radius 1 is 1.28 bits per heavy atom. The van der Waals surface area contributed by atoms with Crippen molar-refractivity contribution in [1.82, 2.24) is 0 Å². The van der Waals surface area contributed by atoms with Gasteiger partial charge in [-0.05, 0) is 39.8 Å². The second kappa shape index (κ2) is 5.20. The SMILES string of the molecule is CNc1ccc([B]OC(C)(C)C(C)(C)O)cc1N. The molecule has 0 atom stereocenters. The molecule has 0 amide bonds. The van der Waals surface area contributed by atoms with Crippen molar-refractivity contribution in [2.45, 2.75) is 38.9 Å². The number of hydrogen-bond donors (Lipinski definition) is 3. The van der Waals surface area contributed by atoms with Crippen molar-refractivity contribution in [2.24, 2.45) is 0 Å². The molecule has 5 heteroatoms. The number of hydrogen-bond acceptors (Lipinski definition) is 4. The summed E-state index contributed by atoms with van der Waals surface area (Å²) in [7, 11) is 3.44. The van der Waals surface area contributed by atoms with Crippen LogP contribution >= 0.6 is 0 Å². The molecule has 0 unspecified atom stereocenters. The number of nitrogen functional groups attached to an aromatic ring is 1. The Hall–Kier alpha value is -1.20. The lowest BCUT2D eigenvalue weighted by Gasteiger charge is -2.37. The van der Waals surface area contributed by atoms with E-state index in [9.17, 15) is 5.11 Å². The smallest absolute Gasteiger partial charge is 0.330 e. The predicted octanol–water partition coefficient (Wildman–Crippen LogP) is 1.12. The fourth-order valence-corrected chi connectivity index (χ4v) is 1.24. The quantitative estimate of drug-likeness (QED) is 0.540. The lowest BCUT2D eigenvalue weighted by Crippen LogP contribution is -2.49. The van der Waals surface area contributed by atoms with E-state index >= 15 is 0 Å². The minimum atomic E-state index is -0.931. The van der Waals surface area contributed by atoms with Crippen LogP contribution in [-0.2, 0) is 4.65 Å². The zero-order valence-corrected chi connectivity index (χ0v) is 11.7. The van der Waals surface area contributed by atoms with E-state index < -0.39 is 11.2 Å². The van der Waals surface area contributed by atoms with Gasteiger partial charge in [-0.15, -0.1) is 0 Å². The first-order valence-electron chi connectivity index (χ1n) is 5.98. The summed E-state index contributed by atoms with van der Waals surface area (Å²) in [4.78, 5) is 0. The van der Waals surface area contributed by atoms with Gasteiger partial charge in [0, 0.05) is 7.05 Å².